The molecule has 1 rings (SSSR count). The number of pyridine rings is 1. The van der Waals surface area contributed by atoms with Crippen LogP contribution in [0.15, 0.2) is 24.4 Å². The predicted molar refractivity (Wildman–Crippen MR) is 52.5 cm³/mol. The number of aromatic nitrogens is 1. The molecule has 1 atom stereocenters. The average Bonchev–Trinajstić information content (AvgIpc) is 2.19. The zero-order valence-electron chi connectivity index (χ0n) is 8.16. The molecule has 0 bridgehead atoms. The van der Waals surface area contributed by atoms with Gasteiger partial charge >= 0.3 is 0 Å². The molecule has 0 aromatic carbocycles. The van der Waals surface area contributed by atoms with Crippen molar-refractivity contribution in [1.29, 1.82) is 0 Å². The highest BCUT2D eigenvalue weighted by atomic mass is 16.5. The maximum atomic E-state index is 5.71. The Bertz CT molecular complexity index is 250. The van der Waals surface area contributed by atoms with Gasteiger partial charge in [0.1, 0.15) is 0 Å². The van der Waals surface area contributed by atoms with Crippen LogP contribution in [-0.2, 0) is 10.2 Å². The molecule has 1 aromatic rings. The SMILES string of the molecule is COCC(C)(CN)c1ccccn1. The number of rotatable bonds is 4. The van der Waals surface area contributed by atoms with Crippen LogP contribution < -0.4 is 5.73 Å². The summed E-state index contributed by atoms with van der Waals surface area (Å²) in [7, 11) is 1.68. The number of hydrogen-bond donors (Lipinski definition) is 1. The molecule has 72 valence electrons. The quantitative estimate of drug-likeness (QED) is 0.750. The summed E-state index contributed by atoms with van der Waals surface area (Å²) in [6, 6.07) is 5.84. The Hall–Kier alpha value is -0.930. The molecular formula is C10H16N2O. The lowest BCUT2D eigenvalue weighted by molar-refractivity contribution is 0.139. The monoisotopic (exact) mass is 180 g/mol. The molecule has 0 aliphatic rings. The largest absolute Gasteiger partial charge is 0.384 e. The van der Waals surface area contributed by atoms with Gasteiger partial charge in [0.05, 0.1) is 6.61 Å². The highest BCUT2D eigenvalue weighted by Gasteiger charge is 2.25. The van der Waals surface area contributed by atoms with Crippen molar-refractivity contribution >= 4 is 0 Å². The van der Waals surface area contributed by atoms with Crippen LogP contribution in [0.25, 0.3) is 0 Å². The Morgan fingerprint density at radius 1 is 1.54 bits per heavy atom. The summed E-state index contributed by atoms with van der Waals surface area (Å²) in [6.45, 7) is 3.19. The minimum Gasteiger partial charge on any atom is -0.384 e. The maximum Gasteiger partial charge on any atom is 0.0583 e. The molecule has 0 radical (unpaired) electrons. The molecule has 1 heterocycles. The Morgan fingerprint density at radius 3 is 2.77 bits per heavy atom. The van der Waals surface area contributed by atoms with Crippen molar-refractivity contribution in [3.63, 3.8) is 0 Å². The van der Waals surface area contributed by atoms with Crippen LogP contribution in [0.3, 0.4) is 0 Å². The van der Waals surface area contributed by atoms with Crippen molar-refractivity contribution in [2.75, 3.05) is 20.3 Å². The van der Waals surface area contributed by atoms with Gasteiger partial charge in [-0.1, -0.05) is 13.0 Å². The molecular weight excluding hydrogens is 164 g/mol. The summed E-state index contributed by atoms with van der Waals surface area (Å²) in [5.41, 5.74) is 6.52. The van der Waals surface area contributed by atoms with Gasteiger partial charge in [-0.05, 0) is 12.1 Å². The van der Waals surface area contributed by atoms with Crippen LogP contribution in [-0.4, -0.2) is 25.2 Å². The van der Waals surface area contributed by atoms with Crippen molar-refractivity contribution in [1.82, 2.24) is 4.98 Å². The summed E-state index contributed by atoms with van der Waals surface area (Å²) in [5, 5.41) is 0. The number of nitrogens with two attached hydrogens (primary N) is 1. The summed E-state index contributed by atoms with van der Waals surface area (Å²) < 4.78 is 5.13. The number of methoxy groups -OCH3 is 1. The first-order valence-electron chi connectivity index (χ1n) is 4.33. The van der Waals surface area contributed by atoms with Crippen molar-refractivity contribution in [3.8, 4) is 0 Å². The fraction of sp³-hybridized carbons (Fsp3) is 0.500. The van der Waals surface area contributed by atoms with E-state index < -0.39 is 0 Å². The van der Waals surface area contributed by atoms with Crippen LogP contribution in [0.4, 0.5) is 0 Å². The van der Waals surface area contributed by atoms with E-state index in [1.807, 2.05) is 18.2 Å². The molecule has 0 fully saturated rings. The fourth-order valence-corrected chi connectivity index (χ4v) is 1.28. The number of hydrogen-bond acceptors (Lipinski definition) is 3. The van der Waals surface area contributed by atoms with E-state index in [-0.39, 0.29) is 5.41 Å². The first-order valence-corrected chi connectivity index (χ1v) is 4.33. The van der Waals surface area contributed by atoms with Gasteiger partial charge in [-0.15, -0.1) is 0 Å². The lowest BCUT2D eigenvalue weighted by atomic mass is 9.87. The van der Waals surface area contributed by atoms with Gasteiger partial charge in [0.2, 0.25) is 0 Å². The van der Waals surface area contributed by atoms with E-state index in [0.717, 1.165) is 5.69 Å². The molecule has 0 amide bonds. The minimum absolute atomic E-state index is 0.171. The highest BCUT2D eigenvalue weighted by molar-refractivity contribution is 5.16. The van der Waals surface area contributed by atoms with Crippen molar-refractivity contribution in [2.45, 2.75) is 12.3 Å². The fourth-order valence-electron chi connectivity index (χ4n) is 1.28. The highest BCUT2D eigenvalue weighted by Crippen LogP contribution is 2.19. The Balaban J connectivity index is 2.89. The molecule has 3 heteroatoms. The molecule has 2 N–H and O–H groups in total. The zero-order chi connectivity index (χ0) is 9.73. The molecule has 3 nitrogen and oxygen atoms in total. The van der Waals surface area contributed by atoms with E-state index in [1.165, 1.54) is 0 Å². The molecule has 0 saturated carbocycles. The number of nitrogens with zero attached hydrogens (tertiary/aromatic N) is 1. The molecule has 1 aromatic heterocycles. The topological polar surface area (TPSA) is 48.1 Å². The second kappa shape index (κ2) is 4.35. The third-order valence-corrected chi connectivity index (χ3v) is 2.20. The lowest BCUT2D eigenvalue weighted by Gasteiger charge is -2.26. The average molecular weight is 180 g/mol. The minimum atomic E-state index is -0.171. The Kier molecular flexibility index (Phi) is 3.39. The smallest absolute Gasteiger partial charge is 0.0583 e. The number of ether oxygens (including phenoxy) is 1. The normalized spacial score (nSPS) is 15.3. The maximum absolute atomic E-state index is 5.71. The Labute approximate surface area is 78.9 Å². The summed E-state index contributed by atoms with van der Waals surface area (Å²) in [6.07, 6.45) is 1.78. The van der Waals surface area contributed by atoms with Crippen LogP contribution in [0, 0.1) is 0 Å². The molecule has 1 unspecified atom stereocenters. The van der Waals surface area contributed by atoms with E-state index in [2.05, 4.69) is 11.9 Å². The Morgan fingerprint density at radius 2 is 2.31 bits per heavy atom. The first-order chi connectivity index (χ1) is 6.23. The van der Waals surface area contributed by atoms with Gasteiger partial charge in [-0.3, -0.25) is 4.98 Å². The van der Waals surface area contributed by atoms with Crippen LogP contribution >= 0.6 is 0 Å². The first kappa shape index (κ1) is 10.2. The van der Waals surface area contributed by atoms with E-state index in [1.54, 1.807) is 13.3 Å². The molecule has 0 spiro atoms. The molecule has 0 aliphatic carbocycles. The van der Waals surface area contributed by atoms with Crippen LogP contribution in [0.1, 0.15) is 12.6 Å². The molecule has 0 aliphatic heterocycles. The van der Waals surface area contributed by atoms with E-state index in [4.69, 9.17) is 10.5 Å². The zero-order valence-corrected chi connectivity index (χ0v) is 8.16. The van der Waals surface area contributed by atoms with Gasteiger partial charge in [-0.25, -0.2) is 0 Å². The third-order valence-electron chi connectivity index (χ3n) is 2.20. The van der Waals surface area contributed by atoms with Crippen molar-refractivity contribution < 1.29 is 4.74 Å². The van der Waals surface area contributed by atoms with Gasteiger partial charge in [0, 0.05) is 31.0 Å². The summed E-state index contributed by atoms with van der Waals surface area (Å²) >= 11 is 0. The van der Waals surface area contributed by atoms with Gasteiger partial charge < -0.3 is 10.5 Å². The van der Waals surface area contributed by atoms with Gasteiger partial charge in [-0.2, -0.15) is 0 Å². The van der Waals surface area contributed by atoms with E-state index >= 15 is 0 Å². The van der Waals surface area contributed by atoms with Crippen molar-refractivity contribution in [2.24, 2.45) is 5.73 Å². The van der Waals surface area contributed by atoms with Gasteiger partial charge in [0.15, 0.2) is 0 Å². The van der Waals surface area contributed by atoms with E-state index in [9.17, 15) is 0 Å². The van der Waals surface area contributed by atoms with Crippen LogP contribution in [0.2, 0.25) is 0 Å². The van der Waals surface area contributed by atoms with Gasteiger partial charge in [0.25, 0.3) is 0 Å². The molecule has 13 heavy (non-hydrogen) atoms. The van der Waals surface area contributed by atoms with E-state index in [0.29, 0.717) is 13.2 Å². The third kappa shape index (κ3) is 2.26. The van der Waals surface area contributed by atoms with Crippen LogP contribution in [0.5, 0.6) is 0 Å². The second-order valence-corrected chi connectivity index (χ2v) is 3.41. The predicted octanol–water partition coefficient (Wildman–Crippen LogP) is 0.944. The lowest BCUT2D eigenvalue weighted by Crippen LogP contribution is -2.37. The van der Waals surface area contributed by atoms with Crippen molar-refractivity contribution in [3.05, 3.63) is 30.1 Å². The molecule has 0 saturated heterocycles. The summed E-state index contributed by atoms with van der Waals surface area (Å²) in [4.78, 5) is 4.28. The summed E-state index contributed by atoms with van der Waals surface area (Å²) in [5.74, 6) is 0. The standard InChI is InChI=1S/C10H16N2O/c1-10(7-11,8-13-2)9-5-3-4-6-12-9/h3-6H,7-8,11H2,1-2H3. The second-order valence-electron chi connectivity index (χ2n) is 3.41.